The number of carbonyl (C=O) groups excluding carboxylic acids is 2. The van der Waals surface area contributed by atoms with Gasteiger partial charge in [0.25, 0.3) is 0 Å². The Morgan fingerprint density at radius 2 is 2.14 bits per heavy atom. The largest absolute Gasteiger partial charge is 0.480 e. The van der Waals surface area contributed by atoms with Gasteiger partial charge in [0.1, 0.15) is 6.04 Å². The molecule has 0 aromatic heterocycles. The molecule has 2 aliphatic heterocycles. The normalized spacial score (nSPS) is 27.3. The van der Waals surface area contributed by atoms with Crippen LogP contribution in [0, 0.1) is 0 Å². The van der Waals surface area contributed by atoms with E-state index in [1.165, 1.54) is 4.90 Å². The second kappa shape index (κ2) is 6.89. The number of piperidine rings is 1. The molecular formula is C14H23N3O4. The quantitative estimate of drug-likeness (QED) is 0.741. The molecule has 0 aromatic carbocycles. The van der Waals surface area contributed by atoms with Crippen molar-refractivity contribution in [2.75, 3.05) is 26.2 Å². The number of hydrogen-bond donors (Lipinski definition) is 2. The smallest absolute Gasteiger partial charge is 0.322 e. The van der Waals surface area contributed by atoms with Crippen LogP contribution in [0.2, 0.25) is 0 Å². The Morgan fingerprint density at radius 3 is 2.81 bits per heavy atom. The number of amides is 2. The summed E-state index contributed by atoms with van der Waals surface area (Å²) in [7, 11) is 0. The molecule has 0 spiro atoms. The molecule has 21 heavy (non-hydrogen) atoms. The molecule has 2 rings (SSSR count). The second-order valence-electron chi connectivity index (χ2n) is 5.71. The maximum atomic E-state index is 12.5. The number of aliphatic carboxylic acids is 1. The summed E-state index contributed by atoms with van der Waals surface area (Å²) in [5, 5.41) is 11.7. The zero-order valence-electron chi connectivity index (χ0n) is 12.4. The molecule has 0 aromatic rings. The lowest BCUT2D eigenvalue weighted by atomic mass is 10.00. The molecule has 0 saturated carbocycles. The van der Waals surface area contributed by atoms with E-state index < -0.39 is 12.0 Å². The predicted molar refractivity (Wildman–Crippen MR) is 75.6 cm³/mol. The number of carboxylic acid groups (broad SMARTS) is 1. The Morgan fingerprint density at radius 1 is 1.38 bits per heavy atom. The van der Waals surface area contributed by atoms with Crippen LogP contribution in [0.15, 0.2) is 0 Å². The van der Waals surface area contributed by atoms with Crippen molar-refractivity contribution in [3.63, 3.8) is 0 Å². The predicted octanol–water partition coefficient (Wildman–Crippen LogP) is -0.337. The standard InChI is InChI=1S/C14H23N3O4/c1-2-10-5-3-4-6-17(10)13(19)9-16-8-12(18)15-7-11(16)14(20)21/h10-11H,2-9H2,1H3,(H,15,18)(H,20,21). The summed E-state index contributed by atoms with van der Waals surface area (Å²) in [6.07, 6.45) is 4.04. The van der Waals surface area contributed by atoms with Crippen LogP contribution in [0.4, 0.5) is 0 Å². The SMILES string of the molecule is CCC1CCCCN1C(=O)CN1CC(=O)NCC1C(=O)O. The van der Waals surface area contributed by atoms with Gasteiger partial charge in [-0.1, -0.05) is 6.92 Å². The van der Waals surface area contributed by atoms with E-state index in [2.05, 4.69) is 12.2 Å². The minimum Gasteiger partial charge on any atom is -0.480 e. The highest BCUT2D eigenvalue weighted by Crippen LogP contribution is 2.20. The van der Waals surface area contributed by atoms with Gasteiger partial charge in [0.15, 0.2) is 0 Å². The van der Waals surface area contributed by atoms with Gasteiger partial charge in [-0.05, 0) is 25.7 Å². The first-order valence-corrected chi connectivity index (χ1v) is 7.56. The number of carboxylic acids is 1. The molecule has 2 fully saturated rings. The molecule has 2 heterocycles. The van der Waals surface area contributed by atoms with E-state index in [0.717, 1.165) is 32.2 Å². The molecule has 0 radical (unpaired) electrons. The van der Waals surface area contributed by atoms with Gasteiger partial charge in [0, 0.05) is 19.1 Å². The average molecular weight is 297 g/mol. The Balaban J connectivity index is 2.01. The summed E-state index contributed by atoms with van der Waals surface area (Å²) in [5.74, 6) is -1.30. The van der Waals surface area contributed by atoms with Crippen LogP contribution in [0.1, 0.15) is 32.6 Å². The van der Waals surface area contributed by atoms with Crippen molar-refractivity contribution in [1.29, 1.82) is 0 Å². The number of nitrogens with zero attached hydrogens (tertiary/aromatic N) is 2. The summed E-state index contributed by atoms with van der Waals surface area (Å²) >= 11 is 0. The summed E-state index contributed by atoms with van der Waals surface area (Å²) in [5.41, 5.74) is 0. The van der Waals surface area contributed by atoms with Crippen molar-refractivity contribution in [2.45, 2.75) is 44.7 Å². The van der Waals surface area contributed by atoms with Crippen LogP contribution in [0.5, 0.6) is 0 Å². The molecule has 2 aliphatic rings. The van der Waals surface area contributed by atoms with Crippen LogP contribution in [0.3, 0.4) is 0 Å². The van der Waals surface area contributed by atoms with Crippen LogP contribution in [-0.2, 0) is 14.4 Å². The molecule has 118 valence electrons. The third kappa shape index (κ3) is 3.72. The van der Waals surface area contributed by atoms with E-state index in [1.807, 2.05) is 4.90 Å². The highest BCUT2D eigenvalue weighted by atomic mass is 16.4. The van der Waals surface area contributed by atoms with Crippen LogP contribution in [0.25, 0.3) is 0 Å². The van der Waals surface area contributed by atoms with Gasteiger partial charge in [0.05, 0.1) is 13.1 Å². The zero-order chi connectivity index (χ0) is 15.4. The lowest BCUT2D eigenvalue weighted by molar-refractivity contribution is -0.148. The molecule has 0 aliphatic carbocycles. The lowest BCUT2D eigenvalue weighted by Crippen LogP contribution is -2.60. The molecular weight excluding hydrogens is 274 g/mol. The van der Waals surface area contributed by atoms with Crippen molar-refractivity contribution in [3.8, 4) is 0 Å². The summed E-state index contributed by atoms with van der Waals surface area (Å²) in [6.45, 7) is 2.81. The number of piperazine rings is 1. The lowest BCUT2D eigenvalue weighted by Gasteiger charge is -2.38. The highest BCUT2D eigenvalue weighted by Gasteiger charge is 2.35. The molecule has 7 heteroatoms. The van der Waals surface area contributed by atoms with Gasteiger partial charge in [-0.2, -0.15) is 0 Å². The van der Waals surface area contributed by atoms with Gasteiger partial charge in [-0.25, -0.2) is 0 Å². The number of rotatable bonds is 4. The van der Waals surface area contributed by atoms with Gasteiger partial charge in [0.2, 0.25) is 11.8 Å². The van der Waals surface area contributed by atoms with Crippen molar-refractivity contribution in [3.05, 3.63) is 0 Å². The second-order valence-corrected chi connectivity index (χ2v) is 5.71. The minimum absolute atomic E-state index is 0.000880. The third-order valence-electron chi connectivity index (χ3n) is 4.32. The van der Waals surface area contributed by atoms with E-state index in [0.29, 0.717) is 0 Å². The summed E-state index contributed by atoms with van der Waals surface area (Å²) in [6, 6.07) is -0.579. The molecule has 2 amide bonds. The zero-order valence-corrected chi connectivity index (χ0v) is 12.4. The average Bonchev–Trinajstić information content (AvgIpc) is 2.46. The van der Waals surface area contributed by atoms with E-state index in [1.54, 1.807) is 0 Å². The topological polar surface area (TPSA) is 90.0 Å². The first-order chi connectivity index (χ1) is 10.0. The van der Waals surface area contributed by atoms with Crippen LogP contribution >= 0.6 is 0 Å². The molecule has 7 nitrogen and oxygen atoms in total. The van der Waals surface area contributed by atoms with Crippen molar-refractivity contribution < 1.29 is 19.5 Å². The summed E-state index contributed by atoms with van der Waals surface area (Å²) < 4.78 is 0. The third-order valence-corrected chi connectivity index (χ3v) is 4.32. The molecule has 2 N–H and O–H groups in total. The first kappa shape index (κ1) is 15.8. The molecule has 2 unspecified atom stereocenters. The first-order valence-electron chi connectivity index (χ1n) is 7.56. The van der Waals surface area contributed by atoms with Crippen molar-refractivity contribution in [2.24, 2.45) is 0 Å². The molecule has 0 bridgehead atoms. The van der Waals surface area contributed by atoms with E-state index >= 15 is 0 Å². The fourth-order valence-electron chi connectivity index (χ4n) is 3.12. The fraction of sp³-hybridized carbons (Fsp3) is 0.786. The van der Waals surface area contributed by atoms with Gasteiger partial charge >= 0.3 is 5.97 Å². The van der Waals surface area contributed by atoms with Crippen molar-refractivity contribution in [1.82, 2.24) is 15.1 Å². The Hall–Kier alpha value is -1.63. The Bertz CT molecular complexity index is 426. The number of hydrogen-bond acceptors (Lipinski definition) is 4. The Kier molecular flexibility index (Phi) is 5.17. The maximum Gasteiger partial charge on any atom is 0.322 e. The molecule has 2 atom stereocenters. The fourth-order valence-corrected chi connectivity index (χ4v) is 3.12. The number of nitrogens with one attached hydrogen (secondary N) is 1. The highest BCUT2D eigenvalue weighted by molar-refractivity contribution is 5.85. The number of carbonyl (C=O) groups is 3. The number of likely N-dealkylation sites (tertiary alicyclic amines) is 1. The van der Waals surface area contributed by atoms with Gasteiger partial charge < -0.3 is 15.3 Å². The summed E-state index contributed by atoms with van der Waals surface area (Å²) in [4.78, 5) is 38.5. The minimum atomic E-state index is -1.01. The molecule has 2 saturated heterocycles. The van der Waals surface area contributed by atoms with Crippen LogP contribution < -0.4 is 5.32 Å². The van der Waals surface area contributed by atoms with E-state index in [4.69, 9.17) is 0 Å². The van der Waals surface area contributed by atoms with Crippen LogP contribution in [-0.4, -0.2) is 71.0 Å². The van der Waals surface area contributed by atoms with Gasteiger partial charge in [-0.3, -0.25) is 19.3 Å². The van der Waals surface area contributed by atoms with Crippen molar-refractivity contribution >= 4 is 17.8 Å². The monoisotopic (exact) mass is 297 g/mol. The maximum absolute atomic E-state index is 12.5. The Labute approximate surface area is 124 Å². The van der Waals surface area contributed by atoms with Gasteiger partial charge in [-0.15, -0.1) is 0 Å². The van der Waals surface area contributed by atoms with E-state index in [-0.39, 0.29) is 37.5 Å². The van der Waals surface area contributed by atoms with E-state index in [9.17, 15) is 19.5 Å².